The summed E-state index contributed by atoms with van der Waals surface area (Å²) in [7, 11) is -2.47. The molecule has 130 valence electrons. The van der Waals surface area contributed by atoms with Gasteiger partial charge in [0.25, 0.3) is 5.69 Å². The predicted molar refractivity (Wildman–Crippen MR) is 87.7 cm³/mol. The van der Waals surface area contributed by atoms with E-state index in [1.165, 1.54) is 23.5 Å². The number of nitrogens with one attached hydrogen (secondary N) is 1. The number of nitro benzene ring substituents is 1. The summed E-state index contributed by atoms with van der Waals surface area (Å²) in [6.07, 6.45) is 0. The molecule has 0 amide bonds. The first-order chi connectivity index (χ1) is 10.3. The van der Waals surface area contributed by atoms with Gasteiger partial charge in [-0.15, -0.1) is 12.4 Å². The van der Waals surface area contributed by atoms with Crippen molar-refractivity contribution in [3.05, 3.63) is 28.3 Å². The van der Waals surface area contributed by atoms with Crippen LogP contribution in [0.2, 0.25) is 0 Å². The van der Waals surface area contributed by atoms with E-state index in [4.69, 9.17) is 4.74 Å². The first-order valence-electron chi connectivity index (χ1n) is 6.84. The van der Waals surface area contributed by atoms with E-state index in [0.29, 0.717) is 13.1 Å². The summed E-state index contributed by atoms with van der Waals surface area (Å²) < 4.78 is 32.0. The molecule has 1 saturated heterocycles. The molecule has 0 spiro atoms. The third-order valence-corrected chi connectivity index (χ3v) is 5.37. The molecule has 2 unspecified atom stereocenters. The second-order valence-electron chi connectivity index (χ2n) is 5.38. The number of sulfonamides is 1. The Morgan fingerprint density at radius 1 is 1.30 bits per heavy atom. The van der Waals surface area contributed by atoms with Crippen LogP contribution in [0.5, 0.6) is 5.75 Å². The number of halogens is 1. The minimum atomic E-state index is -3.77. The van der Waals surface area contributed by atoms with Crippen molar-refractivity contribution in [2.45, 2.75) is 30.8 Å². The van der Waals surface area contributed by atoms with Gasteiger partial charge < -0.3 is 10.1 Å². The van der Waals surface area contributed by atoms with Gasteiger partial charge in [0, 0.05) is 31.2 Å². The number of hydrogen-bond donors (Lipinski definition) is 1. The van der Waals surface area contributed by atoms with Crippen LogP contribution in [0.3, 0.4) is 0 Å². The van der Waals surface area contributed by atoms with Gasteiger partial charge in [-0.25, -0.2) is 8.42 Å². The van der Waals surface area contributed by atoms with Crippen LogP contribution >= 0.6 is 12.4 Å². The molecule has 0 radical (unpaired) electrons. The van der Waals surface area contributed by atoms with E-state index in [1.54, 1.807) is 0 Å². The summed E-state index contributed by atoms with van der Waals surface area (Å²) >= 11 is 0. The Hall–Kier alpha value is -1.42. The number of hydrogen-bond acceptors (Lipinski definition) is 6. The lowest BCUT2D eigenvalue weighted by molar-refractivity contribution is -0.385. The Labute approximate surface area is 141 Å². The van der Waals surface area contributed by atoms with Crippen LogP contribution < -0.4 is 10.1 Å². The number of non-ortho nitro benzene ring substituents is 1. The third kappa shape index (κ3) is 4.11. The lowest BCUT2D eigenvalue weighted by atomic mass is 10.2. The molecule has 0 aliphatic carbocycles. The van der Waals surface area contributed by atoms with Gasteiger partial charge >= 0.3 is 0 Å². The molecule has 10 heteroatoms. The van der Waals surface area contributed by atoms with Crippen molar-refractivity contribution in [2.75, 3.05) is 20.2 Å². The number of nitrogens with zero attached hydrogens (tertiary/aromatic N) is 2. The number of nitro groups is 1. The largest absolute Gasteiger partial charge is 0.495 e. The van der Waals surface area contributed by atoms with Crippen molar-refractivity contribution >= 4 is 28.1 Å². The first-order valence-corrected chi connectivity index (χ1v) is 8.28. The van der Waals surface area contributed by atoms with Crippen LogP contribution in [0.4, 0.5) is 5.69 Å². The Kier molecular flexibility index (Phi) is 6.34. The second-order valence-corrected chi connectivity index (χ2v) is 7.29. The minimum absolute atomic E-state index is 0. The van der Waals surface area contributed by atoms with E-state index in [2.05, 4.69) is 5.32 Å². The summed E-state index contributed by atoms with van der Waals surface area (Å²) in [4.78, 5) is 10.2. The van der Waals surface area contributed by atoms with Crippen molar-refractivity contribution in [1.82, 2.24) is 9.62 Å². The molecule has 2 atom stereocenters. The monoisotopic (exact) mass is 365 g/mol. The maximum absolute atomic E-state index is 12.8. The van der Waals surface area contributed by atoms with Crippen molar-refractivity contribution in [3.63, 3.8) is 0 Å². The van der Waals surface area contributed by atoms with Crippen LogP contribution in [0.15, 0.2) is 23.1 Å². The summed E-state index contributed by atoms with van der Waals surface area (Å²) in [5.74, 6) is -0.0203. The highest BCUT2D eigenvalue weighted by molar-refractivity contribution is 7.89. The molecule has 0 saturated carbocycles. The summed E-state index contributed by atoms with van der Waals surface area (Å²) in [5.41, 5.74) is -0.210. The maximum atomic E-state index is 12.8. The Morgan fingerprint density at radius 2 is 1.87 bits per heavy atom. The van der Waals surface area contributed by atoms with E-state index in [9.17, 15) is 18.5 Å². The fourth-order valence-corrected chi connectivity index (χ4v) is 4.35. The van der Waals surface area contributed by atoms with Crippen LogP contribution in [-0.2, 0) is 10.0 Å². The summed E-state index contributed by atoms with van der Waals surface area (Å²) in [5, 5.41) is 14.1. The zero-order valence-electron chi connectivity index (χ0n) is 13.1. The molecule has 1 fully saturated rings. The molecule has 1 aliphatic rings. The molecular weight excluding hydrogens is 346 g/mol. The fourth-order valence-electron chi connectivity index (χ4n) is 2.59. The highest BCUT2D eigenvalue weighted by Gasteiger charge is 2.33. The predicted octanol–water partition coefficient (Wildman–Crippen LogP) is 1.40. The number of rotatable bonds is 4. The van der Waals surface area contributed by atoms with Gasteiger partial charge in [0.15, 0.2) is 0 Å². The smallest absolute Gasteiger partial charge is 0.273 e. The number of piperazine rings is 1. The molecule has 1 heterocycles. The Morgan fingerprint density at radius 3 is 2.35 bits per heavy atom. The highest BCUT2D eigenvalue weighted by atomic mass is 35.5. The normalized spacial score (nSPS) is 22.2. The van der Waals surface area contributed by atoms with Gasteiger partial charge in [-0.3, -0.25) is 10.1 Å². The zero-order chi connectivity index (χ0) is 16.5. The first kappa shape index (κ1) is 19.6. The molecule has 1 aliphatic heterocycles. The van der Waals surface area contributed by atoms with Gasteiger partial charge in [-0.2, -0.15) is 4.31 Å². The molecular formula is C13H20ClN3O5S. The van der Waals surface area contributed by atoms with Crippen LogP contribution in [-0.4, -0.2) is 49.9 Å². The van der Waals surface area contributed by atoms with E-state index in [0.717, 1.165) is 6.07 Å². The number of benzene rings is 1. The average molecular weight is 366 g/mol. The Bertz CT molecular complexity index is 672. The molecule has 0 bridgehead atoms. The lowest BCUT2D eigenvalue weighted by Crippen LogP contribution is -2.55. The van der Waals surface area contributed by atoms with Crippen molar-refractivity contribution < 1.29 is 18.1 Å². The van der Waals surface area contributed by atoms with Gasteiger partial charge in [-0.1, -0.05) is 0 Å². The molecule has 1 aromatic carbocycles. The number of methoxy groups -OCH3 is 1. The van der Waals surface area contributed by atoms with E-state index in [-0.39, 0.29) is 40.8 Å². The van der Waals surface area contributed by atoms with Gasteiger partial charge in [-0.05, 0) is 19.9 Å². The molecule has 2 rings (SSSR count). The minimum Gasteiger partial charge on any atom is -0.495 e. The molecule has 0 aromatic heterocycles. The summed E-state index contributed by atoms with van der Waals surface area (Å²) in [6.45, 7) is 4.50. The Balaban J connectivity index is 0.00000264. The second kappa shape index (κ2) is 7.43. The summed E-state index contributed by atoms with van der Waals surface area (Å²) in [6, 6.07) is 3.58. The average Bonchev–Trinajstić information content (AvgIpc) is 2.45. The standard InChI is InChI=1S/C13H19N3O5S.ClH/c1-9-7-15(8-10(2)14-9)22(19,20)13-5-4-11(16(17)18)6-12(13)21-3;/h4-6,9-10,14H,7-8H2,1-3H3;1H. The fraction of sp³-hybridized carbons (Fsp3) is 0.538. The van der Waals surface area contributed by atoms with Crippen molar-refractivity contribution in [3.8, 4) is 5.75 Å². The quantitative estimate of drug-likeness (QED) is 0.639. The van der Waals surface area contributed by atoms with E-state index in [1.807, 2.05) is 13.8 Å². The van der Waals surface area contributed by atoms with Gasteiger partial charge in [0.05, 0.1) is 18.1 Å². The molecule has 1 N–H and O–H groups in total. The van der Waals surface area contributed by atoms with Gasteiger partial charge in [0.2, 0.25) is 10.0 Å². The van der Waals surface area contributed by atoms with Crippen molar-refractivity contribution in [2.24, 2.45) is 0 Å². The van der Waals surface area contributed by atoms with E-state index < -0.39 is 14.9 Å². The highest BCUT2D eigenvalue weighted by Crippen LogP contribution is 2.31. The van der Waals surface area contributed by atoms with Crippen LogP contribution in [0.1, 0.15) is 13.8 Å². The third-order valence-electron chi connectivity index (χ3n) is 3.50. The van der Waals surface area contributed by atoms with Gasteiger partial charge in [0.1, 0.15) is 10.6 Å². The molecule has 23 heavy (non-hydrogen) atoms. The van der Waals surface area contributed by atoms with Crippen LogP contribution in [0.25, 0.3) is 0 Å². The zero-order valence-corrected chi connectivity index (χ0v) is 14.7. The molecule has 1 aromatic rings. The SMILES string of the molecule is COc1cc([N+](=O)[O-])ccc1S(=O)(=O)N1CC(C)NC(C)C1.Cl. The topological polar surface area (TPSA) is 102 Å². The van der Waals surface area contributed by atoms with Crippen LogP contribution in [0, 0.1) is 10.1 Å². The maximum Gasteiger partial charge on any atom is 0.273 e. The van der Waals surface area contributed by atoms with E-state index >= 15 is 0 Å². The molecule has 8 nitrogen and oxygen atoms in total. The van der Waals surface area contributed by atoms with Crippen molar-refractivity contribution in [1.29, 1.82) is 0 Å². The number of ether oxygens (including phenoxy) is 1. The lowest BCUT2D eigenvalue weighted by Gasteiger charge is -2.35.